The Morgan fingerprint density at radius 1 is 1.25 bits per heavy atom. The van der Waals surface area contributed by atoms with Crippen LogP contribution < -0.4 is 9.64 Å². The number of nitriles is 1. The van der Waals surface area contributed by atoms with Crippen LogP contribution in [0, 0.1) is 11.3 Å². The van der Waals surface area contributed by atoms with Crippen molar-refractivity contribution in [3.63, 3.8) is 0 Å². The molecular formula is C19H19N3O5S. The topological polar surface area (TPSA) is 102 Å². The van der Waals surface area contributed by atoms with Gasteiger partial charge in [-0.3, -0.25) is 9.69 Å². The van der Waals surface area contributed by atoms with Crippen molar-refractivity contribution < 1.29 is 23.8 Å². The van der Waals surface area contributed by atoms with Gasteiger partial charge < -0.3 is 14.2 Å². The lowest BCUT2D eigenvalue weighted by atomic mass is 10.2. The molecule has 0 unspecified atom stereocenters. The van der Waals surface area contributed by atoms with Gasteiger partial charge in [-0.1, -0.05) is 0 Å². The summed E-state index contributed by atoms with van der Waals surface area (Å²) >= 11 is 1.21. The Balaban J connectivity index is 2.25. The van der Waals surface area contributed by atoms with E-state index in [1.165, 1.54) is 36.3 Å². The van der Waals surface area contributed by atoms with Crippen molar-refractivity contribution in [2.24, 2.45) is 0 Å². The molecule has 0 saturated carbocycles. The number of ether oxygens (including phenoxy) is 3. The van der Waals surface area contributed by atoms with E-state index in [-0.39, 0.29) is 24.7 Å². The van der Waals surface area contributed by atoms with Crippen molar-refractivity contribution in [3.8, 4) is 11.8 Å². The second-order valence-corrected chi connectivity index (χ2v) is 6.24. The fourth-order valence-electron chi connectivity index (χ4n) is 2.18. The fraction of sp³-hybridized carbons (Fsp3) is 0.263. The van der Waals surface area contributed by atoms with Crippen LogP contribution in [-0.2, 0) is 19.1 Å². The van der Waals surface area contributed by atoms with Gasteiger partial charge in [-0.15, -0.1) is 11.3 Å². The lowest BCUT2D eigenvalue weighted by Crippen LogP contribution is -2.22. The van der Waals surface area contributed by atoms with Crippen molar-refractivity contribution in [2.45, 2.75) is 6.92 Å². The highest BCUT2D eigenvalue weighted by Gasteiger charge is 2.18. The molecule has 0 N–H and O–H groups in total. The van der Waals surface area contributed by atoms with Crippen LogP contribution in [0.15, 0.2) is 35.2 Å². The summed E-state index contributed by atoms with van der Waals surface area (Å²) < 4.78 is 14.9. The van der Waals surface area contributed by atoms with E-state index in [2.05, 4.69) is 4.98 Å². The summed E-state index contributed by atoms with van der Waals surface area (Å²) in [6.07, 6.45) is 1.32. The number of carbonyl (C=O) groups excluding carboxylic acids is 2. The summed E-state index contributed by atoms with van der Waals surface area (Å²) in [6, 6.07) is 8.76. The molecule has 9 heteroatoms. The van der Waals surface area contributed by atoms with Crippen molar-refractivity contribution >= 4 is 40.1 Å². The van der Waals surface area contributed by atoms with Gasteiger partial charge in [-0.05, 0) is 30.3 Å². The molecule has 0 spiro atoms. The normalized spacial score (nSPS) is 10.9. The number of hydrogen-bond donors (Lipinski definition) is 0. The summed E-state index contributed by atoms with van der Waals surface area (Å²) in [5, 5.41) is 11.3. The molecule has 1 amide bonds. The Morgan fingerprint density at radius 3 is 2.54 bits per heavy atom. The standard InChI is InChI=1S/C19H19N3O5S/c1-13(23)22(16-4-6-17(26-3)7-5-16)19-21-15(12-28-19)10-14(11-20)18(24)27-9-8-25-2/h4-7,10,12H,8-9H2,1-3H3/b14-10+. The highest BCUT2D eigenvalue weighted by atomic mass is 32.1. The number of hydrogen-bond acceptors (Lipinski definition) is 8. The predicted octanol–water partition coefficient (Wildman–Crippen LogP) is 2.93. The Bertz CT molecular complexity index is 899. The maximum atomic E-state index is 12.1. The molecule has 146 valence electrons. The lowest BCUT2D eigenvalue weighted by molar-refractivity contribution is -0.139. The van der Waals surface area contributed by atoms with Gasteiger partial charge in [-0.2, -0.15) is 5.26 Å². The van der Waals surface area contributed by atoms with Crippen molar-refractivity contribution in [2.75, 3.05) is 32.3 Å². The van der Waals surface area contributed by atoms with Gasteiger partial charge in [-0.25, -0.2) is 9.78 Å². The van der Waals surface area contributed by atoms with E-state index in [1.54, 1.807) is 42.8 Å². The van der Waals surface area contributed by atoms with Gasteiger partial charge in [0, 0.05) is 19.4 Å². The second-order valence-electron chi connectivity index (χ2n) is 5.41. The average Bonchev–Trinajstić information content (AvgIpc) is 3.14. The van der Waals surface area contributed by atoms with E-state index < -0.39 is 5.97 Å². The fourth-order valence-corrected chi connectivity index (χ4v) is 3.03. The first-order valence-electron chi connectivity index (χ1n) is 8.18. The third-order valence-corrected chi connectivity index (χ3v) is 4.34. The van der Waals surface area contributed by atoms with Gasteiger partial charge in [0.05, 0.1) is 25.1 Å². The number of methoxy groups -OCH3 is 2. The number of benzene rings is 1. The third-order valence-electron chi connectivity index (χ3n) is 3.50. The van der Waals surface area contributed by atoms with Crippen LogP contribution >= 0.6 is 11.3 Å². The van der Waals surface area contributed by atoms with Crippen molar-refractivity contribution in [1.82, 2.24) is 4.98 Å². The van der Waals surface area contributed by atoms with Crippen LogP contribution in [0.25, 0.3) is 6.08 Å². The highest BCUT2D eigenvalue weighted by molar-refractivity contribution is 7.14. The molecule has 8 nitrogen and oxygen atoms in total. The first-order chi connectivity index (χ1) is 13.5. The first-order valence-corrected chi connectivity index (χ1v) is 9.06. The second kappa shape index (κ2) is 10.2. The van der Waals surface area contributed by atoms with E-state index >= 15 is 0 Å². The van der Waals surface area contributed by atoms with Crippen LogP contribution in [0.5, 0.6) is 5.75 Å². The number of aromatic nitrogens is 1. The molecular weight excluding hydrogens is 382 g/mol. The maximum absolute atomic E-state index is 12.1. The van der Waals surface area contributed by atoms with Crippen LogP contribution in [0.4, 0.5) is 10.8 Å². The SMILES string of the molecule is COCCOC(=O)/C(C#N)=C/c1csc(N(C(C)=O)c2ccc(OC)cc2)n1. The van der Waals surface area contributed by atoms with Crippen LogP contribution in [-0.4, -0.2) is 44.3 Å². The molecule has 1 aromatic heterocycles. The molecule has 0 bridgehead atoms. The van der Waals surface area contributed by atoms with Gasteiger partial charge in [0.1, 0.15) is 24.0 Å². The Hall–Kier alpha value is -3.22. The smallest absolute Gasteiger partial charge is 0.349 e. The van der Waals surface area contributed by atoms with E-state index in [9.17, 15) is 14.9 Å². The number of rotatable bonds is 8. The molecule has 0 aliphatic carbocycles. The molecule has 2 aromatic rings. The zero-order chi connectivity index (χ0) is 20.5. The number of esters is 1. The Kier molecular flexibility index (Phi) is 7.68. The van der Waals surface area contributed by atoms with E-state index in [1.807, 2.05) is 0 Å². The average molecular weight is 401 g/mol. The van der Waals surface area contributed by atoms with Gasteiger partial charge >= 0.3 is 5.97 Å². The zero-order valence-corrected chi connectivity index (χ0v) is 16.5. The molecule has 2 rings (SSSR count). The summed E-state index contributed by atoms with van der Waals surface area (Å²) in [5.41, 5.74) is 0.810. The van der Waals surface area contributed by atoms with Crippen molar-refractivity contribution in [1.29, 1.82) is 5.26 Å². The third kappa shape index (κ3) is 5.39. The molecule has 28 heavy (non-hydrogen) atoms. The number of thiazole rings is 1. The van der Waals surface area contributed by atoms with E-state index in [0.717, 1.165) is 0 Å². The van der Waals surface area contributed by atoms with Crippen molar-refractivity contribution in [3.05, 3.63) is 40.9 Å². The maximum Gasteiger partial charge on any atom is 0.349 e. The first kappa shape index (κ1) is 21.1. The quantitative estimate of drug-likeness (QED) is 0.290. The van der Waals surface area contributed by atoms with Gasteiger partial charge in [0.15, 0.2) is 5.13 Å². The molecule has 0 atom stereocenters. The largest absolute Gasteiger partial charge is 0.497 e. The minimum Gasteiger partial charge on any atom is -0.497 e. The summed E-state index contributed by atoms with van der Waals surface area (Å²) in [7, 11) is 3.04. The van der Waals surface area contributed by atoms with Crippen LogP contribution in [0.2, 0.25) is 0 Å². The predicted molar refractivity (Wildman–Crippen MR) is 104 cm³/mol. The van der Waals surface area contributed by atoms with Crippen LogP contribution in [0.3, 0.4) is 0 Å². The molecule has 0 radical (unpaired) electrons. The molecule has 1 aromatic carbocycles. The summed E-state index contributed by atoms with van der Waals surface area (Å²) in [4.78, 5) is 29.8. The van der Waals surface area contributed by atoms with Crippen LogP contribution in [0.1, 0.15) is 12.6 Å². The number of amides is 1. The summed E-state index contributed by atoms with van der Waals surface area (Å²) in [6.45, 7) is 1.71. The molecule has 0 aliphatic heterocycles. The van der Waals surface area contributed by atoms with Gasteiger partial charge in [0.25, 0.3) is 0 Å². The number of nitrogens with zero attached hydrogens (tertiary/aromatic N) is 3. The molecule has 0 aliphatic rings. The minimum absolute atomic E-state index is 0.0479. The zero-order valence-electron chi connectivity index (χ0n) is 15.7. The monoisotopic (exact) mass is 401 g/mol. The Labute approximate surface area is 166 Å². The van der Waals surface area contributed by atoms with E-state index in [4.69, 9.17) is 14.2 Å². The number of anilines is 2. The van der Waals surface area contributed by atoms with Gasteiger partial charge in [0.2, 0.25) is 5.91 Å². The lowest BCUT2D eigenvalue weighted by Gasteiger charge is -2.18. The summed E-state index contributed by atoms with van der Waals surface area (Å²) in [5.74, 6) is -0.317. The molecule has 0 saturated heterocycles. The minimum atomic E-state index is -0.757. The number of carbonyl (C=O) groups is 2. The molecule has 1 heterocycles. The van der Waals surface area contributed by atoms with E-state index in [0.29, 0.717) is 22.3 Å². The molecule has 0 fully saturated rings. The highest BCUT2D eigenvalue weighted by Crippen LogP contribution is 2.30. The Morgan fingerprint density at radius 2 is 1.96 bits per heavy atom.